The summed E-state index contributed by atoms with van der Waals surface area (Å²) in [5.74, 6) is 0.282. The van der Waals surface area contributed by atoms with E-state index < -0.39 is 41.8 Å². The normalized spacial score (nSPS) is 12.9. The van der Waals surface area contributed by atoms with Crippen LogP contribution in [0.4, 0.5) is 0 Å². The summed E-state index contributed by atoms with van der Waals surface area (Å²) in [6.07, 6.45) is 6.88. The molecule has 0 bridgehead atoms. The molecule has 184 valence electrons. The van der Waals surface area contributed by atoms with Crippen LogP contribution in [0.2, 0.25) is 0 Å². The number of amides is 3. The molecule has 0 spiro atoms. The van der Waals surface area contributed by atoms with Gasteiger partial charge in [-0.25, -0.2) is 4.79 Å². The zero-order valence-corrected chi connectivity index (χ0v) is 20.7. The number of hydrogen-bond acceptors (Lipinski definition) is 7. The topological polar surface area (TPSA) is 131 Å². The lowest BCUT2D eigenvalue weighted by Crippen LogP contribution is -2.56. The Morgan fingerprint density at radius 2 is 1.68 bits per heavy atom. The van der Waals surface area contributed by atoms with E-state index in [1.165, 1.54) is 25.9 Å². The number of nitrogens with zero attached hydrogens (tertiary/aromatic N) is 1. The minimum absolute atomic E-state index is 0.204. The van der Waals surface area contributed by atoms with E-state index in [1.54, 1.807) is 31.2 Å². The first-order valence-corrected chi connectivity index (χ1v) is 11.3. The standard InChI is InChI=1S/C24H32N4O5S/c1-6-18-10-12-19(13-11-18)23(31)28(17(4)34)20(9-7-8-14-25)22(30)26-15(2)21(29)27-16(3)24(32)33-5/h1,10-13,15-16,20H,7-9,14,25H2,2-5H3,(H,26,30)(H,27,29)/t15-,16-,20-/m0/s1. The molecule has 0 fully saturated rings. The second-order valence-electron chi connectivity index (χ2n) is 7.70. The molecular weight excluding hydrogens is 456 g/mol. The number of methoxy groups -OCH3 is 1. The number of nitrogens with two attached hydrogens (primary N) is 1. The number of hydrogen-bond donors (Lipinski definition) is 3. The average molecular weight is 489 g/mol. The van der Waals surface area contributed by atoms with Gasteiger partial charge in [0.05, 0.1) is 12.1 Å². The van der Waals surface area contributed by atoms with E-state index in [0.29, 0.717) is 30.5 Å². The molecule has 10 heteroatoms. The van der Waals surface area contributed by atoms with Gasteiger partial charge in [-0.2, -0.15) is 0 Å². The molecule has 0 aliphatic heterocycles. The van der Waals surface area contributed by atoms with Gasteiger partial charge in [-0.15, -0.1) is 6.42 Å². The fourth-order valence-corrected chi connectivity index (χ4v) is 3.37. The number of benzene rings is 1. The van der Waals surface area contributed by atoms with Gasteiger partial charge in [0.25, 0.3) is 5.91 Å². The van der Waals surface area contributed by atoms with Crippen LogP contribution in [-0.2, 0) is 19.1 Å². The number of terminal acetylenes is 1. The molecule has 0 saturated heterocycles. The van der Waals surface area contributed by atoms with E-state index in [4.69, 9.17) is 24.4 Å². The first kappa shape index (κ1) is 28.7. The lowest BCUT2D eigenvalue weighted by molar-refractivity contribution is -0.144. The molecule has 3 atom stereocenters. The molecule has 0 radical (unpaired) electrons. The molecule has 1 rings (SSSR count). The van der Waals surface area contributed by atoms with Crippen molar-refractivity contribution >= 4 is 40.9 Å². The molecule has 9 nitrogen and oxygen atoms in total. The van der Waals surface area contributed by atoms with Crippen molar-refractivity contribution in [2.24, 2.45) is 5.73 Å². The molecular formula is C24H32N4O5S. The van der Waals surface area contributed by atoms with Gasteiger partial charge in [0.15, 0.2) is 0 Å². The van der Waals surface area contributed by atoms with Gasteiger partial charge in [0.2, 0.25) is 11.8 Å². The first-order valence-electron chi connectivity index (χ1n) is 10.9. The highest BCUT2D eigenvalue weighted by molar-refractivity contribution is 7.80. The smallest absolute Gasteiger partial charge is 0.328 e. The van der Waals surface area contributed by atoms with Crippen molar-refractivity contribution in [2.75, 3.05) is 13.7 Å². The predicted molar refractivity (Wildman–Crippen MR) is 133 cm³/mol. The number of unbranched alkanes of at least 4 members (excludes halogenated alkanes) is 1. The van der Waals surface area contributed by atoms with Crippen LogP contribution < -0.4 is 16.4 Å². The summed E-state index contributed by atoms with van der Waals surface area (Å²) in [7, 11) is 1.21. The van der Waals surface area contributed by atoms with E-state index in [2.05, 4.69) is 21.3 Å². The van der Waals surface area contributed by atoms with Gasteiger partial charge in [0, 0.05) is 11.1 Å². The van der Waals surface area contributed by atoms with E-state index in [-0.39, 0.29) is 11.4 Å². The molecule has 3 amide bonds. The number of esters is 1. The van der Waals surface area contributed by atoms with Crippen LogP contribution in [0.25, 0.3) is 0 Å². The Kier molecular flexibility index (Phi) is 11.9. The number of rotatable bonds is 11. The quantitative estimate of drug-likeness (QED) is 0.184. The highest BCUT2D eigenvalue weighted by Crippen LogP contribution is 2.16. The number of ether oxygens (including phenoxy) is 1. The largest absolute Gasteiger partial charge is 0.467 e. The maximum Gasteiger partial charge on any atom is 0.328 e. The van der Waals surface area contributed by atoms with Crippen LogP contribution >= 0.6 is 12.2 Å². The number of carbonyl (C=O) groups excluding carboxylic acids is 4. The Labute approximate surface area is 205 Å². The summed E-state index contributed by atoms with van der Waals surface area (Å²) in [6, 6.07) is 3.57. The van der Waals surface area contributed by atoms with Gasteiger partial charge >= 0.3 is 5.97 Å². The second kappa shape index (κ2) is 14.1. The third-order valence-corrected chi connectivity index (χ3v) is 5.26. The summed E-state index contributed by atoms with van der Waals surface area (Å²) in [6.45, 7) is 4.93. The summed E-state index contributed by atoms with van der Waals surface area (Å²) in [5, 5.41) is 5.09. The molecule has 0 heterocycles. The summed E-state index contributed by atoms with van der Waals surface area (Å²) < 4.78 is 4.59. The van der Waals surface area contributed by atoms with Crippen molar-refractivity contribution < 1.29 is 23.9 Å². The summed E-state index contributed by atoms with van der Waals surface area (Å²) in [4.78, 5) is 51.9. The number of carbonyl (C=O) groups is 4. The minimum Gasteiger partial charge on any atom is -0.467 e. The third kappa shape index (κ3) is 8.24. The maximum atomic E-state index is 13.3. The molecule has 1 aromatic carbocycles. The molecule has 0 saturated carbocycles. The van der Waals surface area contributed by atoms with E-state index in [0.717, 1.165) is 0 Å². The average Bonchev–Trinajstić information content (AvgIpc) is 2.82. The van der Waals surface area contributed by atoms with Gasteiger partial charge < -0.3 is 21.1 Å². The molecule has 0 unspecified atom stereocenters. The fourth-order valence-electron chi connectivity index (χ4n) is 3.16. The Morgan fingerprint density at radius 3 is 2.18 bits per heavy atom. The van der Waals surface area contributed by atoms with Crippen LogP contribution in [0.1, 0.15) is 56.0 Å². The van der Waals surface area contributed by atoms with E-state index in [9.17, 15) is 19.2 Å². The zero-order chi connectivity index (χ0) is 25.8. The summed E-state index contributed by atoms with van der Waals surface area (Å²) in [5.41, 5.74) is 6.52. The van der Waals surface area contributed by atoms with Crippen molar-refractivity contribution in [1.29, 1.82) is 0 Å². The van der Waals surface area contributed by atoms with Crippen LogP contribution in [-0.4, -0.2) is 65.4 Å². The van der Waals surface area contributed by atoms with Gasteiger partial charge in [-0.3, -0.25) is 19.3 Å². The molecule has 1 aromatic rings. The highest BCUT2D eigenvalue weighted by Gasteiger charge is 2.33. The molecule has 4 N–H and O–H groups in total. The van der Waals surface area contributed by atoms with Crippen molar-refractivity contribution in [3.05, 3.63) is 35.4 Å². The molecule has 0 aromatic heterocycles. The predicted octanol–water partition coefficient (Wildman–Crippen LogP) is 1.14. The van der Waals surface area contributed by atoms with Gasteiger partial charge in [-0.05, 0) is 70.8 Å². The number of thiocarbonyl (C=S) groups is 1. The maximum absolute atomic E-state index is 13.3. The Bertz CT molecular complexity index is 942. The lowest BCUT2D eigenvalue weighted by Gasteiger charge is -2.31. The van der Waals surface area contributed by atoms with E-state index >= 15 is 0 Å². The van der Waals surface area contributed by atoms with Crippen LogP contribution in [0.5, 0.6) is 0 Å². The van der Waals surface area contributed by atoms with Crippen molar-refractivity contribution in [1.82, 2.24) is 15.5 Å². The molecule has 0 aliphatic carbocycles. The van der Waals surface area contributed by atoms with Crippen molar-refractivity contribution in [2.45, 2.75) is 58.2 Å². The Balaban J connectivity index is 3.12. The fraction of sp³-hybridized carbons (Fsp3) is 0.458. The van der Waals surface area contributed by atoms with E-state index in [1.807, 2.05) is 0 Å². The first-order chi connectivity index (χ1) is 16.1. The van der Waals surface area contributed by atoms with Gasteiger partial charge in [0.1, 0.15) is 18.1 Å². The lowest BCUT2D eigenvalue weighted by atomic mass is 10.0. The summed E-state index contributed by atoms with van der Waals surface area (Å²) >= 11 is 5.32. The monoisotopic (exact) mass is 488 g/mol. The number of nitrogens with one attached hydrogen (secondary N) is 2. The molecule has 34 heavy (non-hydrogen) atoms. The third-order valence-electron chi connectivity index (χ3n) is 5.07. The SMILES string of the molecule is C#Cc1ccc(C(=O)N(C(C)=S)[C@@H](CCCCN)C(=O)N[C@@H](C)C(=O)N[C@@H](C)C(=O)OC)cc1. The van der Waals surface area contributed by atoms with Crippen LogP contribution in [0, 0.1) is 12.3 Å². The van der Waals surface area contributed by atoms with Crippen molar-refractivity contribution in [3.8, 4) is 12.3 Å². The minimum atomic E-state index is -0.978. The second-order valence-corrected chi connectivity index (χ2v) is 8.29. The molecule has 0 aliphatic rings. The van der Waals surface area contributed by atoms with Crippen LogP contribution in [0.3, 0.4) is 0 Å². The van der Waals surface area contributed by atoms with Gasteiger partial charge in [-0.1, -0.05) is 18.1 Å². The zero-order valence-electron chi connectivity index (χ0n) is 19.9. The van der Waals surface area contributed by atoms with Crippen molar-refractivity contribution in [3.63, 3.8) is 0 Å². The Morgan fingerprint density at radius 1 is 1.09 bits per heavy atom. The highest BCUT2D eigenvalue weighted by atomic mass is 32.1. The Hall–Kier alpha value is -3.29. The van der Waals surface area contributed by atoms with Crippen LogP contribution in [0.15, 0.2) is 24.3 Å².